The van der Waals surface area contributed by atoms with Crippen LogP contribution in [0.5, 0.6) is 11.5 Å². The number of aliphatic hydroxyl groups excluding tert-OH is 1. The fourth-order valence-corrected chi connectivity index (χ4v) is 4.73. The largest absolute Gasteiger partial charge is 0.493 e. The number of ether oxygens (including phenoxy) is 2. The number of benzene rings is 2. The number of anilines is 2. The molecule has 0 saturated carbocycles. The van der Waals surface area contributed by atoms with Crippen molar-refractivity contribution in [2.75, 3.05) is 39.2 Å². The van der Waals surface area contributed by atoms with Crippen LogP contribution in [0, 0.1) is 0 Å². The van der Waals surface area contributed by atoms with Crippen molar-refractivity contribution in [3.8, 4) is 11.5 Å². The minimum Gasteiger partial charge on any atom is -0.493 e. The van der Waals surface area contributed by atoms with Crippen LogP contribution in [0.2, 0.25) is 0 Å². The first-order chi connectivity index (χ1) is 18.8. The van der Waals surface area contributed by atoms with Gasteiger partial charge in [-0.3, -0.25) is 19.5 Å². The lowest BCUT2D eigenvalue weighted by molar-refractivity contribution is -0.125. The van der Waals surface area contributed by atoms with Gasteiger partial charge in [0.2, 0.25) is 11.8 Å². The number of hydrogen-bond acceptors (Lipinski definition) is 8. The summed E-state index contributed by atoms with van der Waals surface area (Å²) in [5, 5.41) is 14.0. The van der Waals surface area contributed by atoms with E-state index in [0.29, 0.717) is 46.5 Å². The molecule has 1 aliphatic rings. The van der Waals surface area contributed by atoms with Crippen LogP contribution in [0.1, 0.15) is 30.0 Å². The first kappa shape index (κ1) is 27.6. The number of rotatable bonds is 12. The van der Waals surface area contributed by atoms with Gasteiger partial charge in [-0.25, -0.2) is 4.79 Å². The third-order valence-electron chi connectivity index (χ3n) is 6.67. The third-order valence-corrected chi connectivity index (χ3v) is 6.67. The van der Waals surface area contributed by atoms with Crippen molar-refractivity contribution in [3.63, 3.8) is 0 Å². The van der Waals surface area contributed by atoms with Gasteiger partial charge in [0.25, 0.3) is 0 Å². The molecule has 1 fully saturated rings. The summed E-state index contributed by atoms with van der Waals surface area (Å²) in [5.41, 5.74) is 9.98. The quantitative estimate of drug-likeness (QED) is 0.237. The van der Waals surface area contributed by atoms with Crippen molar-refractivity contribution < 1.29 is 29.0 Å². The van der Waals surface area contributed by atoms with Crippen molar-refractivity contribution in [1.29, 1.82) is 0 Å². The maximum atomic E-state index is 12.1. The topological polar surface area (TPSA) is 147 Å². The molecule has 0 atom stereocenters. The van der Waals surface area contributed by atoms with Gasteiger partial charge in [0, 0.05) is 42.5 Å². The Hall–Kier alpha value is -4.38. The second kappa shape index (κ2) is 12.0. The summed E-state index contributed by atoms with van der Waals surface area (Å²) < 4.78 is 11.6. The Labute approximate surface area is 226 Å². The van der Waals surface area contributed by atoms with Gasteiger partial charge >= 0.3 is 6.03 Å². The lowest BCUT2D eigenvalue weighted by Gasteiger charge is -2.19. The Balaban J connectivity index is 1.64. The van der Waals surface area contributed by atoms with E-state index in [0.717, 1.165) is 16.8 Å². The molecule has 0 unspecified atom stereocenters. The lowest BCUT2D eigenvalue weighted by Crippen LogP contribution is -2.33. The van der Waals surface area contributed by atoms with E-state index in [1.165, 1.54) is 16.9 Å². The second-order valence-corrected chi connectivity index (χ2v) is 9.29. The zero-order valence-corrected chi connectivity index (χ0v) is 22.3. The number of methoxy groups -OCH3 is 1. The number of pyridine rings is 1. The average molecular weight is 536 g/mol. The Bertz CT molecular complexity index is 1410. The van der Waals surface area contributed by atoms with Gasteiger partial charge in [-0.2, -0.15) is 0 Å². The fraction of sp³-hybridized carbons (Fsp3) is 0.357. The number of aliphatic hydroxyl groups is 1. The number of nitrogens with two attached hydrogens (primary N) is 1. The van der Waals surface area contributed by atoms with Crippen LogP contribution < -0.4 is 20.5 Å². The molecule has 2 heterocycles. The predicted octanol–water partition coefficient (Wildman–Crippen LogP) is 2.73. The number of imide groups is 1. The summed E-state index contributed by atoms with van der Waals surface area (Å²) in [4.78, 5) is 43.1. The average Bonchev–Trinajstić information content (AvgIpc) is 3.16. The summed E-state index contributed by atoms with van der Waals surface area (Å²) in [6.45, 7) is 2.51. The van der Waals surface area contributed by atoms with E-state index < -0.39 is 5.91 Å². The smallest absolute Gasteiger partial charge is 0.326 e. The number of urea groups is 1. The number of amides is 4. The number of carbonyl (C=O) groups is 3. The van der Waals surface area contributed by atoms with Crippen molar-refractivity contribution in [1.82, 2.24) is 14.8 Å². The Kier molecular flexibility index (Phi) is 8.50. The van der Waals surface area contributed by atoms with E-state index in [-0.39, 0.29) is 44.7 Å². The van der Waals surface area contributed by atoms with E-state index in [2.05, 4.69) is 10.3 Å². The van der Waals surface area contributed by atoms with E-state index >= 15 is 0 Å². The number of carbonyl (C=O) groups excluding carboxylic acids is 3. The molecule has 3 aromatic rings. The monoisotopic (exact) mass is 535 g/mol. The van der Waals surface area contributed by atoms with Gasteiger partial charge in [-0.05, 0) is 36.1 Å². The second-order valence-electron chi connectivity index (χ2n) is 9.29. The van der Waals surface area contributed by atoms with Crippen LogP contribution in [0.3, 0.4) is 0 Å². The number of hydrogen-bond donors (Lipinski definition) is 3. The van der Waals surface area contributed by atoms with Crippen LogP contribution >= 0.6 is 0 Å². The van der Waals surface area contributed by atoms with Crippen LogP contribution in [0.25, 0.3) is 10.9 Å². The highest BCUT2D eigenvalue weighted by Crippen LogP contribution is 2.38. The lowest BCUT2D eigenvalue weighted by atomic mass is 10.0. The summed E-state index contributed by atoms with van der Waals surface area (Å²) >= 11 is 0. The molecule has 4 rings (SSSR count). The maximum absolute atomic E-state index is 12.1. The first-order valence-corrected chi connectivity index (χ1v) is 12.7. The molecule has 4 amide bonds. The molecule has 4 N–H and O–H groups in total. The first-order valence-electron chi connectivity index (χ1n) is 12.7. The van der Waals surface area contributed by atoms with E-state index in [1.54, 1.807) is 25.4 Å². The normalized spacial score (nSPS) is 13.3. The summed E-state index contributed by atoms with van der Waals surface area (Å²) in [6.07, 6.45) is 2.73. The summed E-state index contributed by atoms with van der Waals surface area (Å²) in [6, 6.07) is 8.88. The number of nitrogens with one attached hydrogen (secondary N) is 1. The zero-order valence-electron chi connectivity index (χ0n) is 22.3. The van der Waals surface area contributed by atoms with Crippen molar-refractivity contribution in [3.05, 3.63) is 53.2 Å². The molecule has 1 saturated heterocycles. The molecule has 0 radical (unpaired) electrons. The Morgan fingerprint density at radius 2 is 2.00 bits per heavy atom. The third kappa shape index (κ3) is 5.88. The molecule has 2 aromatic carbocycles. The number of aromatic nitrogens is 1. The number of likely N-dealkylation sites (N-methyl/N-ethyl adjacent to an activating group) is 1. The van der Waals surface area contributed by atoms with Crippen LogP contribution in [0.15, 0.2) is 36.5 Å². The van der Waals surface area contributed by atoms with E-state index in [1.807, 2.05) is 25.1 Å². The molecule has 1 aromatic heterocycles. The highest BCUT2D eigenvalue weighted by Gasteiger charge is 2.32. The fourth-order valence-electron chi connectivity index (χ4n) is 4.73. The molecule has 0 spiro atoms. The number of nitrogens with zero attached hydrogens (tertiary/aromatic N) is 3. The molecule has 1 aliphatic heterocycles. The molecule has 0 aliphatic carbocycles. The minimum absolute atomic E-state index is 0.0177. The molecule has 11 heteroatoms. The maximum Gasteiger partial charge on any atom is 0.326 e. The van der Waals surface area contributed by atoms with E-state index in [9.17, 15) is 19.5 Å². The number of primary amides is 1. The molecule has 206 valence electrons. The SMILES string of the molecule is CCc1c(CO)cccc1Nc1c(CC(N)=O)cnc2cc(OCCCN3C(=O)CN(C)C3=O)c(OC)cc12. The van der Waals surface area contributed by atoms with Gasteiger partial charge in [-0.15, -0.1) is 0 Å². The minimum atomic E-state index is -0.493. The van der Waals surface area contributed by atoms with Crippen molar-refractivity contribution >= 4 is 40.1 Å². The molecular formula is C28H33N5O6. The van der Waals surface area contributed by atoms with Crippen molar-refractivity contribution in [2.45, 2.75) is 32.8 Å². The van der Waals surface area contributed by atoms with Gasteiger partial charge in [0.1, 0.15) is 6.54 Å². The van der Waals surface area contributed by atoms with Crippen LogP contribution in [-0.4, -0.2) is 71.6 Å². The summed E-state index contributed by atoms with van der Waals surface area (Å²) in [5.74, 6) is 0.194. The van der Waals surface area contributed by atoms with Crippen LogP contribution in [0.4, 0.5) is 16.2 Å². The molecule has 0 bridgehead atoms. The van der Waals surface area contributed by atoms with Gasteiger partial charge in [-0.1, -0.05) is 19.1 Å². The zero-order chi connectivity index (χ0) is 28.1. The van der Waals surface area contributed by atoms with Gasteiger partial charge < -0.3 is 30.5 Å². The summed E-state index contributed by atoms with van der Waals surface area (Å²) in [7, 11) is 3.12. The Morgan fingerprint density at radius 1 is 1.21 bits per heavy atom. The molecule has 39 heavy (non-hydrogen) atoms. The molecule has 11 nitrogen and oxygen atoms in total. The Morgan fingerprint density at radius 3 is 2.64 bits per heavy atom. The van der Waals surface area contributed by atoms with E-state index in [4.69, 9.17) is 15.2 Å². The predicted molar refractivity (Wildman–Crippen MR) is 146 cm³/mol. The van der Waals surface area contributed by atoms with Crippen molar-refractivity contribution in [2.24, 2.45) is 5.73 Å². The highest BCUT2D eigenvalue weighted by molar-refractivity contribution is 6.02. The highest BCUT2D eigenvalue weighted by atomic mass is 16.5. The van der Waals surface area contributed by atoms with Gasteiger partial charge in [0.15, 0.2) is 11.5 Å². The van der Waals surface area contributed by atoms with Gasteiger partial charge in [0.05, 0.1) is 37.9 Å². The number of fused-ring (bicyclic) bond motifs is 1. The molecular weight excluding hydrogens is 502 g/mol. The van der Waals surface area contributed by atoms with Crippen LogP contribution in [-0.2, 0) is 29.0 Å². The standard InChI is InChI=1S/C28H33N5O6/c1-4-19-17(16-34)7-5-8-21(19)31-27-18(11-25(29)35)14-30-22-13-24(23(38-3)12-20(22)27)39-10-6-9-33-26(36)15-32(2)28(33)37/h5,7-8,12-14,34H,4,6,9-11,15-16H2,1-3H3,(H2,29,35)(H,30,31).